The van der Waals surface area contributed by atoms with E-state index < -0.39 is 28.6 Å². The maximum Gasteiger partial charge on any atom is 0.343 e. The van der Waals surface area contributed by atoms with Gasteiger partial charge in [-0.05, 0) is 97.2 Å². The van der Waals surface area contributed by atoms with Gasteiger partial charge in [0.25, 0.3) is 0 Å². The molecule has 0 bridgehead atoms. The molecule has 9 heteroatoms. The second kappa shape index (κ2) is 12.1. The van der Waals surface area contributed by atoms with Crippen LogP contribution in [0, 0.1) is 0 Å². The van der Waals surface area contributed by atoms with Gasteiger partial charge in [0.15, 0.2) is 0 Å². The Bertz CT molecular complexity index is 1370. The summed E-state index contributed by atoms with van der Waals surface area (Å²) < 4.78 is 19.5. The zero-order valence-corrected chi connectivity index (χ0v) is 27.2. The first-order valence-electron chi connectivity index (χ1n) is 12.3. The topological polar surface area (TPSA) is 61.8 Å². The third-order valence-corrected chi connectivity index (χ3v) is 14.7. The number of rotatable bonds is 8. The number of hydrogen-bond donors (Lipinski definition) is 0. The monoisotopic (exact) mass is 682 g/mol. The average Bonchev–Trinajstić information content (AvgIpc) is 2.88. The molecule has 0 saturated carbocycles. The Morgan fingerprint density at radius 3 is 1.26 bits per heavy atom. The zero-order chi connectivity index (χ0) is 28.2. The summed E-state index contributed by atoms with van der Waals surface area (Å²) in [5.74, 6) is 0.148. The molecule has 4 aromatic rings. The second-order valence-electron chi connectivity index (χ2n) is 9.97. The highest BCUT2D eigenvalue weighted by molar-refractivity contribution is 9.10. The lowest BCUT2D eigenvalue weighted by molar-refractivity contribution is 0.0725. The molecule has 0 spiro atoms. The van der Waals surface area contributed by atoms with E-state index in [2.05, 4.69) is 58.0 Å². The number of halogens is 2. The van der Waals surface area contributed by atoms with Gasteiger partial charge in [-0.25, -0.2) is 9.59 Å². The molecule has 0 aliphatic rings. The van der Waals surface area contributed by atoms with Crippen molar-refractivity contribution in [3.8, 4) is 11.5 Å². The highest BCUT2D eigenvalue weighted by Crippen LogP contribution is 2.21. The molecule has 0 aromatic heterocycles. The molecule has 0 amide bonds. The van der Waals surface area contributed by atoms with E-state index in [0.29, 0.717) is 22.6 Å². The number of esters is 2. The van der Waals surface area contributed by atoms with Gasteiger partial charge in [0.1, 0.15) is 11.5 Å². The Kier molecular flexibility index (Phi) is 9.08. The summed E-state index contributed by atoms with van der Waals surface area (Å²) in [6, 6.07) is 29.3. The van der Waals surface area contributed by atoms with Crippen LogP contribution in [0.4, 0.5) is 0 Å². The normalized spacial score (nSPS) is 11.6. The Balaban J connectivity index is 1.42. The zero-order valence-electron chi connectivity index (χ0n) is 22.0. The fourth-order valence-electron chi connectivity index (χ4n) is 4.16. The van der Waals surface area contributed by atoms with E-state index in [4.69, 9.17) is 13.6 Å². The van der Waals surface area contributed by atoms with E-state index in [1.54, 1.807) is 48.5 Å². The van der Waals surface area contributed by atoms with Gasteiger partial charge in [-0.1, -0.05) is 68.3 Å². The van der Waals surface area contributed by atoms with Crippen molar-refractivity contribution >= 4 is 70.8 Å². The average molecular weight is 685 g/mol. The summed E-state index contributed by atoms with van der Waals surface area (Å²) in [5, 5.41) is 2.16. The van der Waals surface area contributed by atoms with Crippen LogP contribution in [0.25, 0.3) is 0 Å². The molecule has 0 saturated heterocycles. The summed E-state index contributed by atoms with van der Waals surface area (Å²) in [6.45, 7) is 8.61. The summed E-state index contributed by atoms with van der Waals surface area (Å²) in [6.07, 6.45) is 0. The molecule has 0 heterocycles. The van der Waals surface area contributed by atoms with E-state index in [-0.39, 0.29) is 0 Å². The number of ether oxygens (including phenoxy) is 2. The van der Waals surface area contributed by atoms with Gasteiger partial charge in [-0.15, -0.1) is 0 Å². The lowest BCUT2D eigenvalue weighted by Crippen LogP contribution is -2.57. The van der Waals surface area contributed by atoms with E-state index >= 15 is 0 Å². The SMILES string of the molecule is C[Si](C)(O[Si](C)(C)c1ccc(C(=O)Oc2cccc(Br)c2)cc1)c1ccc(C(=O)Oc2cccc(Br)c2)cc1. The fourth-order valence-corrected chi connectivity index (χ4v) is 12.9. The number of carbonyl (C=O) groups is 2. The van der Waals surface area contributed by atoms with E-state index in [1.807, 2.05) is 48.5 Å². The molecule has 0 N–H and O–H groups in total. The maximum absolute atomic E-state index is 12.6. The first kappa shape index (κ1) is 29.2. The number of carbonyl (C=O) groups excluding carboxylic acids is 2. The lowest BCUT2D eigenvalue weighted by atomic mass is 10.2. The quantitative estimate of drug-likeness (QED) is 0.112. The molecular formula is C30H28Br2O5Si2. The van der Waals surface area contributed by atoms with Crippen LogP contribution >= 0.6 is 31.9 Å². The minimum Gasteiger partial charge on any atom is -0.449 e. The molecule has 39 heavy (non-hydrogen) atoms. The molecule has 4 aromatic carbocycles. The molecule has 0 atom stereocenters. The summed E-state index contributed by atoms with van der Waals surface area (Å²) >= 11 is 6.77. The van der Waals surface area contributed by atoms with Crippen LogP contribution in [-0.2, 0) is 4.12 Å². The van der Waals surface area contributed by atoms with E-state index in [9.17, 15) is 9.59 Å². The van der Waals surface area contributed by atoms with Crippen LogP contribution in [0.2, 0.25) is 26.2 Å². The molecule has 4 rings (SSSR count). The van der Waals surface area contributed by atoms with Gasteiger partial charge < -0.3 is 13.6 Å². The minimum absolute atomic E-state index is 0.409. The van der Waals surface area contributed by atoms with Crippen LogP contribution in [0.1, 0.15) is 20.7 Å². The van der Waals surface area contributed by atoms with Crippen molar-refractivity contribution < 1.29 is 23.2 Å². The largest absolute Gasteiger partial charge is 0.449 e. The van der Waals surface area contributed by atoms with Crippen molar-refractivity contribution in [1.82, 2.24) is 0 Å². The third-order valence-electron chi connectivity index (χ3n) is 6.16. The summed E-state index contributed by atoms with van der Waals surface area (Å²) in [4.78, 5) is 25.2. The minimum atomic E-state index is -2.32. The van der Waals surface area contributed by atoms with E-state index in [0.717, 1.165) is 19.3 Å². The number of benzene rings is 4. The predicted molar refractivity (Wildman–Crippen MR) is 166 cm³/mol. The summed E-state index contributed by atoms with van der Waals surface area (Å²) in [7, 11) is -4.64. The van der Waals surface area contributed by atoms with Crippen molar-refractivity contribution in [2.75, 3.05) is 0 Å². The van der Waals surface area contributed by atoms with Crippen molar-refractivity contribution in [1.29, 1.82) is 0 Å². The molecule has 200 valence electrons. The van der Waals surface area contributed by atoms with Crippen LogP contribution < -0.4 is 19.8 Å². The standard InChI is InChI=1S/C30H28Br2O5Si2/c1-38(2,27-15-11-21(12-16-27)29(33)35-25-9-5-7-23(31)19-25)37-39(3,4)28-17-13-22(14-18-28)30(34)36-26-10-6-8-24(32)20-26/h5-20H,1-4H3. The molecule has 0 fully saturated rings. The van der Waals surface area contributed by atoms with Crippen molar-refractivity contribution in [2.45, 2.75) is 26.2 Å². The van der Waals surface area contributed by atoms with Gasteiger partial charge in [0, 0.05) is 8.95 Å². The molecule has 5 nitrogen and oxygen atoms in total. The third kappa shape index (κ3) is 7.64. The highest BCUT2D eigenvalue weighted by atomic mass is 79.9. The van der Waals surface area contributed by atoms with Crippen LogP contribution in [0.15, 0.2) is 106 Å². The predicted octanol–water partition coefficient (Wildman–Crippen LogP) is 7.19. The van der Waals surface area contributed by atoms with Crippen LogP contribution in [0.3, 0.4) is 0 Å². The Labute approximate surface area is 247 Å². The number of hydrogen-bond acceptors (Lipinski definition) is 5. The highest BCUT2D eigenvalue weighted by Gasteiger charge is 2.36. The fraction of sp³-hybridized carbons (Fsp3) is 0.133. The van der Waals surface area contributed by atoms with E-state index in [1.165, 1.54) is 0 Å². The first-order chi connectivity index (χ1) is 18.4. The van der Waals surface area contributed by atoms with Gasteiger partial charge >= 0.3 is 11.9 Å². The molecule has 0 aliphatic heterocycles. The smallest absolute Gasteiger partial charge is 0.343 e. The molecule has 0 radical (unpaired) electrons. The summed E-state index contributed by atoms with van der Waals surface area (Å²) in [5.41, 5.74) is 0.954. The van der Waals surface area contributed by atoms with Gasteiger partial charge in [0.2, 0.25) is 16.6 Å². The van der Waals surface area contributed by atoms with Gasteiger partial charge in [-0.3, -0.25) is 0 Å². The van der Waals surface area contributed by atoms with Gasteiger partial charge in [-0.2, -0.15) is 0 Å². The van der Waals surface area contributed by atoms with Crippen LogP contribution in [-0.4, -0.2) is 28.6 Å². The van der Waals surface area contributed by atoms with Crippen molar-refractivity contribution in [3.63, 3.8) is 0 Å². The first-order valence-corrected chi connectivity index (χ1v) is 19.7. The van der Waals surface area contributed by atoms with Crippen molar-refractivity contribution in [2.24, 2.45) is 0 Å². The Morgan fingerprint density at radius 2 is 0.923 bits per heavy atom. The molecule has 0 aliphatic carbocycles. The Morgan fingerprint density at radius 1 is 0.564 bits per heavy atom. The maximum atomic E-state index is 12.6. The lowest BCUT2D eigenvalue weighted by Gasteiger charge is -2.34. The van der Waals surface area contributed by atoms with Crippen LogP contribution in [0.5, 0.6) is 11.5 Å². The van der Waals surface area contributed by atoms with Gasteiger partial charge in [0.05, 0.1) is 11.1 Å². The second-order valence-corrected chi connectivity index (χ2v) is 19.8. The Hall–Kier alpha value is -2.83. The van der Waals surface area contributed by atoms with Crippen molar-refractivity contribution in [3.05, 3.63) is 117 Å². The molecular weight excluding hydrogens is 656 g/mol. The molecule has 0 unspecified atom stereocenters.